The summed E-state index contributed by atoms with van der Waals surface area (Å²) in [5.41, 5.74) is 0.597. The van der Waals surface area contributed by atoms with Crippen molar-refractivity contribution in [2.45, 2.75) is 6.92 Å². The number of fused-ring (bicyclic) bond motifs is 1. The fraction of sp³-hybridized carbons (Fsp3) is 0.211. The van der Waals surface area contributed by atoms with E-state index in [-0.39, 0.29) is 18.4 Å². The first-order chi connectivity index (χ1) is 12.4. The fourth-order valence-corrected chi connectivity index (χ4v) is 3.42. The average molecular weight is 369 g/mol. The van der Waals surface area contributed by atoms with E-state index in [4.69, 9.17) is 4.74 Å². The van der Waals surface area contributed by atoms with Crippen LogP contribution in [0, 0.1) is 6.92 Å². The molecule has 1 aromatic heterocycles. The number of ether oxygens (including phenoxy) is 1. The van der Waals surface area contributed by atoms with Crippen LogP contribution < -0.4 is 10.1 Å². The summed E-state index contributed by atoms with van der Waals surface area (Å²) in [6, 6.07) is 13.6. The molecule has 0 unspecified atom stereocenters. The molecule has 6 nitrogen and oxygen atoms in total. The van der Waals surface area contributed by atoms with E-state index in [2.05, 4.69) is 10.3 Å². The maximum absolute atomic E-state index is 12.1. The van der Waals surface area contributed by atoms with Gasteiger partial charge in [-0.05, 0) is 29.8 Å². The predicted molar refractivity (Wildman–Crippen MR) is 103 cm³/mol. The van der Waals surface area contributed by atoms with Gasteiger partial charge in [0, 0.05) is 14.1 Å². The van der Waals surface area contributed by atoms with E-state index in [9.17, 15) is 9.59 Å². The highest BCUT2D eigenvalue weighted by atomic mass is 32.1. The number of carbonyl (C=O) groups is 2. The molecule has 134 valence electrons. The van der Waals surface area contributed by atoms with Gasteiger partial charge in [-0.25, -0.2) is 4.98 Å². The van der Waals surface area contributed by atoms with Crippen LogP contribution in [0.2, 0.25) is 0 Å². The number of benzene rings is 2. The molecule has 0 bridgehead atoms. The minimum Gasteiger partial charge on any atom is -0.484 e. The summed E-state index contributed by atoms with van der Waals surface area (Å²) in [7, 11) is 3.36. The van der Waals surface area contributed by atoms with Crippen LogP contribution in [0.15, 0.2) is 42.5 Å². The van der Waals surface area contributed by atoms with Gasteiger partial charge in [-0.3, -0.25) is 14.9 Å². The largest absolute Gasteiger partial charge is 0.484 e. The van der Waals surface area contributed by atoms with E-state index in [1.165, 1.54) is 4.90 Å². The van der Waals surface area contributed by atoms with Crippen LogP contribution in [0.3, 0.4) is 0 Å². The quantitative estimate of drug-likeness (QED) is 0.749. The van der Waals surface area contributed by atoms with Crippen molar-refractivity contribution in [2.24, 2.45) is 0 Å². The molecule has 7 heteroatoms. The molecule has 0 radical (unpaired) electrons. The number of nitrogens with zero attached hydrogens (tertiary/aromatic N) is 2. The minimum atomic E-state index is -0.323. The molecule has 0 spiro atoms. The maximum atomic E-state index is 12.1. The van der Waals surface area contributed by atoms with Gasteiger partial charge in [0.25, 0.3) is 11.8 Å². The van der Waals surface area contributed by atoms with Crippen LogP contribution in [0.25, 0.3) is 10.8 Å². The summed E-state index contributed by atoms with van der Waals surface area (Å²) in [6.07, 6.45) is 0. The fourth-order valence-electron chi connectivity index (χ4n) is 2.41. The van der Waals surface area contributed by atoms with Gasteiger partial charge >= 0.3 is 0 Å². The number of nitrogens with one attached hydrogen (secondary N) is 1. The van der Waals surface area contributed by atoms with Crippen molar-refractivity contribution in [1.29, 1.82) is 0 Å². The number of anilines is 1. The third-order valence-electron chi connectivity index (χ3n) is 3.73. The van der Waals surface area contributed by atoms with E-state index >= 15 is 0 Å². The predicted octanol–water partition coefficient (Wildman–Crippen LogP) is 3.32. The lowest BCUT2D eigenvalue weighted by Crippen LogP contribution is -2.21. The first-order valence-electron chi connectivity index (χ1n) is 8.04. The number of amides is 2. The molecule has 0 aliphatic carbocycles. The van der Waals surface area contributed by atoms with E-state index in [1.54, 1.807) is 21.0 Å². The molecule has 0 aliphatic rings. The lowest BCUT2D eigenvalue weighted by atomic mass is 10.1. The lowest BCUT2D eigenvalue weighted by molar-refractivity contribution is -0.118. The van der Waals surface area contributed by atoms with Gasteiger partial charge in [-0.2, -0.15) is 0 Å². The first kappa shape index (κ1) is 17.9. The van der Waals surface area contributed by atoms with E-state index in [0.717, 1.165) is 22.1 Å². The summed E-state index contributed by atoms with van der Waals surface area (Å²) in [4.78, 5) is 30.4. The minimum absolute atomic E-state index is 0.131. The van der Waals surface area contributed by atoms with E-state index in [0.29, 0.717) is 21.5 Å². The zero-order valence-electron chi connectivity index (χ0n) is 14.8. The van der Waals surface area contributed by atoms with Gasteiger partial charge in [0.2, 0.25) is 0 Å². The van der Waals surface area contributed by atoms with Gasteiger partial charge in [0.15, 0.2) is 11.7 Å². The molecule has 1 heterocycles. The van der Waals surface area contributed by atoms with E-state index < -0.39 is 0 Å². The Bertz CT molecular complexity index is 966. The van der Waals surface area contributed by atoms with Gasteiger partial charge in [-0.15, -0.1) is 0 Å². The Labute approximate surface area is 155 Å². The molecule has 2 aromatic carbocycles. The molecule has 3 rings (SSSR count). The number of aromatic nitrogens is 1. The third kappa shape index (κ3) is 4.00. The van der Waals surface area contributed by atoms with Crippen LogP contribution in [0.5, 0.6) is 5.75 Å². The Morgan fingerprint density at radius 1 is 1.15 bits per heavy atom. The number of hydrogen-bond donors (Lipinski definition) is 1. The number of hydrogen-bond acceptors (Lipinski definition) is 5. The Balaban J connectivity index is 1.62. The second kappa shape index (κ2) is 7.53. The van der Waals surface area contributed by atoms with Crippen LogP contribution >= 0.6 is 11.3 Å². The van der Waals surface area contributed by atoms with Gasteiger partial charge < -0.3 is 9.64 Å². The molecule has 2 amide bonds. The highest BCUT2D eigenvalue weighted by Crippen LogP contribution is 2.24. The second-order valence-corrected chi connectivity index (χ2v) is 6.98. The van der Waals surface area contributed by atoms with Gasteiger partial charge in [0.1, 0.15) is 10.6 Å². The lowest BCUT2D eigenvalue weighted by Gasteiger charge is -2.08. The molecule has 0 aliphatic heterocycles. The van der Waals surface area contributed by atoms with Gasteiger partial charge in [-0.1, -0.05) is 41.7 Å². The van der Waals surface area contributed by atoms with Crippen LogP contribution in [-0.2, 0) is 4.79 Å². The van der Waals surface area contributed by atoms with Crippen molar-refractivity contribution < 1.29 is 14.3 Å². The summed E-state index contributed by atoms with van der Waals surface area (Å²) < 4.78 is 5.56. The number of aryl methyl sites for hydroxylation is 1. The molecule has 26 heavy (non-hydrogen) atoms. The van der Waals surface area contributed by atoms with Gasteiger partial charge in [0.05, 0.1) is 5.69 Å². The highest BCUT2D eigenvalue weighted by Gasteiger charge is 2.18. The third-order valence-corrected chi connectivity index (χ3v) is 4.80. The molecule has 0 saturated carbocycles. The van der Waals surface area contributed by atoms with Crippen molar-refractivity contribution in [2.75, 3.05) is 26.0 Å². The molecular formula is C19H19N3O3S. The molecule has 0 saturated heterocycles. The smallest absolute Gasteiger partial charge is 0.265 e. The van der Waals surface area contributed by atoms with Crippen LogP contribution in [0.4, 0.5) is 5.13 Å². The van der Waals surface area contributed by atoms with Crippen molar-refractivity contribution in [3.05, 3.63) is 53.0 Å². The Morgan fingerprint density at radius 2 is 1.88 bits per heavy atom. The van der Waals surface area contributed by atoms with Crippen molar-refractivity contribution in [1.82, 2.24) is 9.88 Å². The average Bonchev–Trinajstić information content (AvgIpc) is 2.99. The first-order valence-corrected chi connectivity index (χ1v) is 8.86. The summed E-state index contributed by atoms with van der Waals surface area (Å²) in [5, 5.41) is 5.23. The second-order valence-electron chi connectivity index (χ2n) is 5.98. The highest BCUT2D eigenvalue weighted by molar-refractivity contribution is 7.17. The van der Waals surface area contributed by atoms with Crippen molar-refractivity contribution in [3.63, 3.8) is 0 Å². The summed E-state index contributed by atoms with van der Waals surface area (Å²) in [6.45, 7) is 1.61. The Morgan fingerprint density at radius 3 is 2.62 bits per heavy atom. The molecule has 1 N–H and O–H groups in total. The van der Waals surface area contributed by atoms with Crippen molar-refractivity contribution >= 4 is 39.1 Å². The molecule has 0 atom stereocenters. The van der Waals surface area contributed by atoms with Crippen LogP contribution in [-0.4, -0.2) is 42.4 Å². The number of carbonyl (C=O) groups excluding carboxylic acids is 2. The summed E-state index contributed by atoms with van der Waals surface area (Å²) >= 11 is 1.16. The maximum Gasteiger partial charge on any atom is 0.265 e. The Hall–Kier alpha value is -2.93. The molecule has 0 fully saturated rings. The zero-order chi connectivity index (χ0) is 18.7. The van der Waals surface area contributed by atoms with Crippen molar-refractivity contribution in [3.8, 4) is 5.75 Å². The topological polar surface area (TPSA) is 71.5 Å². The monoisotopic (exact) mass is 369 g/mol. The number of thiazole rings is 1. The zero-order valence-corrected chi connectivity index (χ0v) is 15.6. The summed E-state index contributed by atoms with van der Waals surface area (Å²) in [5.74, 6) is 0.168. The SMILES string of the molecule is Cc1nc(NC(=O)COc2ccc3ccccc3c2)sc1C(=O)N(C)C. The number of rotatable bonds is 5. The normalized spacial score (nSPS) is 10.6. The molecular weight excluding hydrogens is 350 g/mol. The van der Waals surface area contributed by atoms with Crippen LogP contribution in [0.1, 0.15) is 15.4 Å². The Kier molecular flexibility index (Phi) is 5.18. The standard InChI is InChI=1S/C19H19N3O3S/c1-12-17(18(24)22(2)3)26-19(20-12)21-16(23)11-25-15-9-8-13-6-4-5-7-14(13)10-15/h4-10H,11H2,1-3H3,(H,20,21,23). The molecule has 3 aromatic rings. The van der Waals surface area contributed by atoms with E-state index in [1.807, 2.05) is 42.5 Å².